The van der Waals surface area contributed by atoms with Crippen LogP contribution in [0.15, 0.2) is 18.2 Å². The molecule has 0 aliphatic carbocycles. The summed E-state index contributed by atoms with van der Waals surface area (Å²) in [7, 11) is 3.35. The van der Waals surface area contributed by atoms with Gasteiger partial charge in [-0.2, -0.15) is 0 Å². The summed E-state index contributed by atoms with van der Waals surface area (Å²) in [5, 5.41) is 0. The molecule has 0 aromatic heterocycles. The van der Waals surface area contributed by atoms with Crippen molar-refractivity contribution in [2.24, 2.45) is 5.73 Å². The fourth-order valence-corrected chi connectivity index (χ4v) is 1.35. The van der Waals surface area contributed by atoms with E-state index in [-0.39, 0.29) is 17.1 Å². The summed E-state index contributed by atoms with van der Waals surface area (Å²) in [6, 6.07) is 4.89. The molecule has 0 unspecified atom stereocenters. The van der Waals surface area contributed by atoms with Gasteiger partial charge in [0.05, 0.1) is 7.11 Å². The Hall–Kier alpha value is -1.29. The van der Waals surface area contributed by atoms with Gasteiger partial charge in [-0.25, -0.2) is 4.39 Å². The molecule has 3 nitrogen and oxygen atoms in total. The molecule has 0 aliphatic rings. The topological polar surface area (TPSA) is 38.5 Å². The van der Waals surface area contributed by atoms with Crippen LogP contribution in [0.2, 0.25) is 0 Å². The Labute approximate surface area is 96.0 Å². The molecule has 0 heterocycles. The third-order valence-corrected chi connectivity index (χ3v) is 2.93. The molecule has 1 aromatic rings. The van der Waals surface area contributed by atoms with Crippen molar-refractivity contribution < 1.29 is 9.13 Å². The highest BCUT2D eigenvalue weighted by Gasteiger charge is 2.22. The van der Waals surface area contributed by atoms with Gasteiger partial charge >= 0.3 is 0 Å². The van der Waals surface area contributed by atoms with Crippen molar-refractivity contribution in [1.82, 2.24) is 0 Å². The first-order valence-corrected chi connectivity index (χ1v) is 5.20. The summed E-state index contributed by atoms with van der Waals surface area (Å²) in [6.07, 6.45) is 0. The number of likely N-dealkylation sites (N-methyl/N-ethyl adjacent to an activating group) is 1. The van der Waals surface area contributed by atoms with Crippen LogP contribution >= 0.6 is 0 Å². The summed E-state index contributed by atoms with van der Waals surface area (Å²) in [5.74, 6) is -0.109. The van der Waals surface area contributed by atoms with Crippen molar-refractivity contribution >= 4 is 5.69 Å². The predicted octanol–water partition coefficient (Wildman–Crippen LogP) is 2.01. The maximum atomic E-state index is 13.5. The quantitative estimate of drug-likeness (QED) is 0.853. The molecule has 0 fully saturated rings. The van der Waals surface area contributed by atoms with Crippen LogP contribution in [-0.2, 0) is 0 Å². The van der Waals surface area contributed by atoms with E-state index in [4.69, 9.17) is 10.5 Å². The molecule has 1 aromatic carbocycles. The number of ether oxygens (including phenoxy) is 1. The largest absolute Gasteiger partial charge is 0.494 e. The molecule has 0 spiro atoms. The maximum absolute atomic E-state index is 13.5. The summed E-state index contributed by atoms with van der Waals surface area (Å²) in [4.78, 5) is 1.95. The third kappa shape index (κ3) is 2.44. The molecule has 0 bridgehead atoms. The standard InChI is InChI=1S/C12H19FN2O/c1-12(2,8-14)15(3)9-5-6-11(16-4)10(13)7-9/h5-7H,8,14H2,1-4H3. The van der Waals surface area contributed by atoms with E-state index < -0.39 is 0 Å². The molecule has 0 aliphatic heterocycles. The van der Waals surface area contributed by atoms with E-state index in [9.17, 15) is 4.39 Å². The van der Waals surface area contributed by atoms with E-state index >= 15 is 0 Å². The number of halogens is 1. The van der Waals surface area contributed by atoms with Crippen LogP contribution in [0.5, 0.6) is 5.75 Å². The Kier molecular flexibility index (Phi) is 3.75. The van der Waals surface area contributed by atoms with Crippen LogP contribution in [-0.4, -0.2) is 26.2 Å². The minimum absolute atomic E-state index is 0.207. The molecule has 2 N–H and O–H groups in total. The number of nitrogens with zero attached hydrogens (tertiary/aromatic N) is 1. The first kappa shape index (κ1) is 12.8. The van der Waals surface area contributed by atoms with Crippen LogP contribution in [0.25, 0.3) is 0 Å². The van der Waals surface area contributed by atoms with Crippen molar-refractivity contribution in [3.63, 3.8) is 0 Å². The van der Waals surface area contributed by atoms with Gasteiger partial charge in [-0.1, -0.05) is 0 Å². The zero-order chi connectivity index (χ0) is 12.3. The van der Waals surface area contributed by atoms with Gasteiger partial charge in [-0.3, -0.25) is 0 Å². The van der Waals surface area contributed by atoms with E-state index in [1.807, 2.05) is 31.9 Å². The highest BCUT2D eigenvalue weighted by atomic mass is 19.1. The smallest absolute Gasteiger partial charge is 0.167 e. The zero-order valence-corrected chi connectivity index (χ0v) is 10.2. The van der Waals surface area contributed by atoms with Crippen LogP contribution in [0.3, 0.4) is 0 Å². The number of rotatable bonds is 4. The number of methoxy groups -OCH3 is 1. The van der Waals surface area contributed by atoms with Gasteiger partial charge in [0.2, 0.25) is 0 Å². The van der Waals surface area contributed by atoms with Gasteiger partial charge in [0.15, 0.2) is 11.6 Å². The molecular formula is C12H19FN2O. The van der Waals surface area contributed by atoms with Gasteiger partial charge < -0.3 is 15.4 Å². The molecule has 4 heteroatoms. The second kappa shape index (κ2) is 4.70. The van der Waals surface area contributed by atoms with Gasteiger partial charge in [-0.05, 0) is 26.0 Å². The fraction of sp³-hybridized carbons (Fsp3) is 0.500. The fourth-order valence-electron chi connectivity index (χ4n) is 1.35. The number of benzene rings is 1. The Bertz CT molecular complexity index is 366. The minimum atomic E-state index is -0.361. The lowest BCUT2D eigenvalue weighted by Crippen LogP contribution is -2.47. The minimum Gasteiger partial charge on any atom is -0.494 e. The Morgan fingerprint density at radius 2 is 2.06 bits per heavy atom. The number of hydrogen-bond acceptors (Lipinski definition) is 3. The number of nitrogens with two attached hydrogens (primary N) is 1. The average Bonchev–Trinajstić information content (AvgIpc) is 2.27. The van der Waals surface area contributed by atoms with Gasteiger partial charge in [0, 0.05) is 30.9 Å². The van der Waals surface area contributed by atoms with Crippen molar-refractivity contribution in [2.75, 3.05) is 25.6 Å². The number of anilines is 1. The van der Waals surface area contributed by atoms with Gasteiger partial charge in [-0.15, -0.1) is 0 Å². The molecule has 0 saturated heterocycles. The summed E-state index contributed by atoms with van der Waals surface area (Å²) in [6.45, 7) is 4.52. The Morgan fingerprint density at radius 3 is 2.50 bits per heavy atom. The van der Waals surface area contributed by atoms with Gasteiger partial charge in [0.1, 0.15) is 0 Å². The van der Waals surface area contributed by atoms with Crippen LogP contribution in [0, 0.1) is 5.82 Å². The molecule has 1 rings (SSSR count). The monoisotopic (exact) mass is 226 g/mol. The van der Waals surface area contributed by atoms with E-state index in [0.717, 1.165) is 5.69 Å². The van der Waals surface area contributed by atoms with E-state index in [0.29, 0.717) is 6.54 Å². The molecule has 0 atom stereocenters. The predicted molar refractivity (Wildman–Crippen MR) is 64.5 cm³/mol. The summed E-state index contributed by atoms with van der Waals surface area (Å²) in [5.41, 5.74) is 6.26. The first-order chi connectivity index (χ1) is 7.42. The number of hydrogen-bond donors (Lipinski definition) is 1. The zero-order valence-electron chi connectivity index (χ0n) is 10.2. The SMILES string of the molecule is COc1ccc(N(C)C(C)(C)CN)cc1F. The van der Waals surface area contributed by atoms with Crippen LogP contribution in [0.1, 0.15) is 13.8 Å². The molecule has 0 amide bonds. The van der Waals surface area contributed by atoms with E-state index in [2.05, 4.69) is 0 Å². The second-order valence-electron chi connectivity index (χ2n) is 4.39. The first-order valence-electron chi connectivity index (χ1n) is 5.20. The van der Waals surface area contributed by atoms with E-state index in [1.54, 1.807) is 6.07 Å². The molecule has 90 valence electrons. The highest BCUT2D eigenvalue weighted by Crippen LogP contribution is 2.26. The van der Waals surface area contributed by atoms with Gasteiger partial charge in [0.25, 0.3) is 0 Å². The molecule has 16 heavy (non-hydrogen) atoms. The lowest BCUT2D eigenvalue weighted by molar-refractivity contribution is 0.386. The molecular weight excluding hydrogens is 207 g/mol. The summed E-state index contributed by atoms with van der Waals surface area (Å²) < 4.78 is 18.4. The van der Waals surface area contributed by atoms with Crippen molar-refractivity contribution in [1.29, 1.82) is 0 Å². The van der Waals surface area contributed by atoms with Crippen LogP contribution in [0.4, 0.5) is 10.1 Å². The van der Waals surface area contributed by atoms with Crippen molar-refractivity contribution in [3.05, 3.63) is 24.0 Å². The Balaban J connectivity index is 3.02. The lowest BCUT2D eigenvalue weighted by atomic mass is 10.0. The molecule has 0 radical (unpaired) electrons. The Morgan fingerprint density at radius 1 is 1.44 bits per heavy atom. The van der Waals surface area contributed by atoms with E-state index in [1.165, 1.54) is 13.2 Å². The van der Waals surface area contributed by atoms with Crippen molar-refractivity contribution in [2.45, 2.75) is 19.4 Å². The van der Waals surface area contributed by atoms with Crippen molar-refractivity contribution in [3.8, 4) is 5.75 Å². The normalized spacial score (nSPS) is 11.4. The second-order valence-corrected chi connectivity index (χ2v) is 4.39. The molecule has 0 saturated carbocycles. The maximum Gasteiger partial charge on any atom is 0.167 e. The highest BCUT2D eigenvalue weighted by molar-refractivity contribution is 5.51. The van der Waals surface area contributed by atoms with Crippen LogP contribution < -0.4 is 15.4 Å². The third-order valence-electron chi connectivity index (χ3n) is 2.93. The lowest BCUT2D eigenvalue weighted by Gasteiger charge is -2.36. The summed E-state index contributed by atoms with van der Waals surface area (Å²) >= 11 is 0. The average molecular weight is 226 g/mol.